The molecule has 0 unspecified atom stereocenters. The lowest BCUT2D eigenvalue weighted by Crippen LogP contribution is -2.15. The zero-order valence-corrected chi connectivity index (χ0v) is 10.8. The summed E-state index contributed by atoms with van der Waals surface area (Å²) >= 11 is 0. The number of hydrogen-bond donors (Lipinski definition) is 2. The van der Waals surface area contributed by atoms with E-state index in [2.05, 4.69) is 15.8 Å². The van der Waals surface area contributed by atoms with E-state index in [0.717, 1.165) is 5.56 Å². The number of aromatic nitrogens is 1. The molecule has 0 radical (unpaired) electrons. The molecule has 1 heterocycles. The monoisotopic (exact) mass is 257 g/mol. The molecule has 0 saturated heterocycles. The molecular formula is C14H15N3O2. The standard InChI is InChI=1S/C14H15N3O2/c1-10-7-8-13(15-9-10)16-14(18)11-5-3-4-6-12(11)17-19-2/h3-9,17H,1-2H3,(H,15,16,18). The number of benzene rings is 1. The van der Waals surface area contributed by atoms with Gasteiger partial charge >= 0.3 is 0 Å². The van der Waals surface area contributed by atoms with Crippen LogP contribution in [-0.4, -0.2) is 18.0 Å². The average molecular weight is 257 g/mol. The Hall–Kier alpha value is -2.40. The topological polar surface area (TPSA) is 63.2 Å². The van der Waals surface area contributed by atoms with Crippen LogP contribution >= 0.6 is 0 Å². The van der Waals surface area contributed by atoms with E-state index in [9.17, 15) is 4.79 Å². The van der Waals surface area contributed by atoms with Gasteiger partial charge in [-0.25, -0.2) is 4.98 Å². The second-order valence-electron chi connectivity index (χ2n) is 4.03. The van der Waals surface area contributed by atoms with Gasteiger partial charge in [0, 0.05) is 6.20 Å². The molecule has 0 aliphatic rings. The first-order chi connectivity index (χ1) is 9.20. The largest absolute Gasteiger partial charge is 0.306 e. The Kier molecular flexibility index (Phi) is 4.10. The van der Waals surface area contributed by atoms with Crippen molar-refractivity contribution in [1.29, 1.82) is 0 Å². The van der Waals surface area contributed by atoms with E-state index in [-0.39, 0.29) is 5.91 Å². The highest BCUT2D eigenvalue weighted by atomic mass is 16.6. The van der Waals surface area contributed by atoms with Crippen molar-refractivity contribution >= 4 is 17.4 Å². The Labute approximate surface area is 111 Å². The highest BCUT2D eigenvalue weighted by molar-refractivity contribution is 6.07. The van der Waals surface area contributed by atoms with Crippen molar-refractivity contribution in [3.63, 3.8) is 0 Å². The molecule has 5 heteroatoms. The molecule has 0 atom stereocenters. The van der Waals surface area contributed by atoms with Crippen LogP contribution in [0.1, 0.15) is 15.9 Å². The minimum atomic E-state index is -0.239. The molecule has 0 spiro atoms. The number of hydrogen-bond acceptors (Lipinski definition) is 4. The number of anilines is 2. The summed E-state index contributed by atoms with van der Waals surface area (Å²) in [4.78, 5) is 21.1. The fourth-order valence-electron chi connectivity index (χ4n) is 1.61. The Morgan fingerprint density at radius 3 is 2.68 bits per heavy atom. The minimum absolute atomic E-state index is 0.239. The lowest BCUT2D eigenvalue weighted by atomic mass is 10.1. The summed E-state index contributed by atoms with van der Waals surface area (Å²) in [7, 11) is 1.50. The maximum absolute atomic E-state index is 12.1. The number of pyridine rings is 1. The van der Waals surface area contributed by atoms with Crippen LogP contribution < -0.4 is 10.8 Å². The second kappa shape index (κ2) is 5.97. The number of aryl methyl sites for hydroxylation is 1. The smallest absolute Gasteiger partial charge is 0.258 e. The third-order valence-electron chi connectivity index (χ3n) is 2.54. The van der Waals surface area contributed by atoms with Crippen molar-refractivity contribution < 1.29 is 9.63 Å². The molecule has 5 nitrogen and oxygen atoms in total. The third-order valence-corrected chi connectivity index (χ3v) is 2.54. The van der Waals surface area contributed by atoms with Gasteiger partial charge in [0.1, 0.15) is 5.82 Å². The predicted molar refractivity (Wildman–Crippen MR) is 74.0 cm³/mol. The quantitative estimate of drug-likeness (QED) is 0.826. The highest BCUT2D eigenvalue weighted by Crippen LogP contribution is 2.16. The van der Waals surface area contributed by atoms with Gasteiger partial charge in [-0.2, -0.15) is 0 Å². The fraction of sp³-hybridized carbons (Fsp3) is 0.143. The molecule has 19 heavy (non-hydrogen) atoms. The van der Waals surface area contributed by atoms with Gasteiger partial charge in [-0.3, -0.25) is 15.1 Å². The lowest BCUT2D eigenvalue weighted by molar-refractivity contribution is 0.102. The molecule has 1 amide bonds. The van der Waals surface area contributed by atoms with Gasteiger partial charge < -0.3 is 5.32 Å². The molecule has 0 fully saturated rings. The first kappa shape index (κ1) is 13.0. The number of rotatable bonds is 4. The van der Waals surface area contributed by atoms with Gasteiger partial charge in [0.25, 0.3) is 5.91 Å². The van der Waals surface area contributed by atoms with E-state index >= 15 is 0 Å². The normalized spacial score (nSPS) is 10.0. The molecule has 0 aliphatic heterocycles. The lowest BCUT2D eigenvalue weighted by Gasteiger charge is -2.10. The number of amides is 1. The summed E-state index contributed by atoms with van der Waals surface area (Å²) in [6.07, 6.45) is 1.70. The predicted octanol–water partition coefficient (Wildman–Crippen LogP) is 2.62. The van der Waals surface area contributed by atoms with Crippen LogP contribution in [0, 0.1) is 6.92 Å². The molecule has 98 valence electrons. The van der Waals surface area contributed by atoms with Crippen molar-refractivity contribution in [2.24, 2.45) is 0 Å². The summed E-state index contributed by atoms with van der Waals surface area (Å²) < 4.78 is 0. The van der Waals surface area contributed by atoms with Crippen LogP contribution in [0.5, 0.6) is 0 Å². The van der Waals surface area contributed by atoms with Crippen LogP contribution in [-0.2, 0) is 4.84 Å². The van der Waals surface area contributed by atoms with Gasteiger partial charge in [-0.05, 0) is 30.7 Å². The van der Waals surface area contributed by atoms with Gasteiger partial charge in [0.2, 0.25) is 0 Å². The molecule has 0 saturated carbocycles. The maximum Gasteiger partial charge on any atom is 0.258 e. The Morgan fingerprint density at radius 1 is 1.21 bits per heavy atom. The SMILES string of the molecule is CONc1ccccc1C(=O)Nc1ccc(C)cn1. The number of para-hydroxylation sites is 1. The highest BCUT2D eigenvalue weighted by Gasteiger charge is 2.11. The summed E-state index contributed by atoms with van der Waals surface area (Å²) in [5, 5.41) is 2.74. The van der Waals surface area contributed by atoms with Crippen molar-refractivity contribution in [2.75, 3.05) is 17.9 Å². The van der Waals surface area contributed by atoms with Crippen molar-refractivity contribution in [3.05, 3.63) is 53.7 Å². The van der Waals surface area contributed by atoms with Crippen molar-refractivity contribution in [2.45, 2.75) is 6.92 Å². The maximum atomic E-state index is 12.1. The summed E-state index contributed by atoms with van der Waals surface area (Å²) in [6, 6.07) is 10.7. The van der Waals surface area contributed by atoms with Gasteiger partial charge in [0.05, 0.1) is 18.4 Å². The van der Waals surface area contributed by atoms with E-state index in [0.29, 0.717) is 17.1 Å². The van der Waals surface area contributed by atoms with Crippen molar-refractivity contribution in [3.8, 4) is 0 Å². The summed E-state index contributed by atoms with van der Waals surface area (Å²) in [5.74, 6) is 0.277. The first-order valence-corrected chi connectivity index (χ1v) is 5.83. The van der Waals surface area contributed by atoms with Crippen molar-refractivity contribution in [1.82, 2.24) is 4.98 Å². The Bertz CT molecular complexity index is 567. The van der Waals surface area contributed by atoms with Crippen LogP contribution in [0.4, 0.5) is 11.5 Å². The van der Waals surface area contributed by atoms with E-state index in [1.807, 2.05) is 19.1 Å². The Morgan fingerprint density at radius 2 is 2.00 bits per heavy atom. The second-order valence-corrected chi connectivity index (χ2v) is 4.03. The zero-order valence-electron chi connectivity index (χ0n) is 10.8. The number of nitrogens with one attached hydrogen (secondary N) is 2. The minimum Gasteiger partial charge on any atom is -0.306 e. The first-order valence-electron chi connectivity index (χ1n) is 5.83. The van der Waals surface area contributed by atoms with E-state index in [4.69, 9.17) is 4.84 Å². The molecule has 2 aromatic rings. The van der Waals surface area contributed by atoms with Crippen LogP contribution in [0.2, 0.25) is 0 Å². The number of carbonyl (C=O) groups excluding carboxylic acids is 1. The van der Waals surface area contributed by atoms with Gasteiger partial charge in [-0.1, -0.05) is 18.2 Å². The zero-order chi connectivity index (χ0) is 13.7. The van der Waals surface area contributed by atoms with Crippen LogP contribution in [0.25, 0.3) is 0 Å². The number of nitrogens with zero attached hydrogens (tertiary/aromatic N) is 1. The Balaban J connectivity index is 2.18. The molecule has 0 bridgehead atoms. The van der Waals surface area contributed by atoms with E-state index < -0.39 is 0 Å². The summed E-state index contributed by atoms with van der Waals surface area (Å²) in [5.41, 5.74) is 4.81. The van der Waals surface area contributed by atoms with Crippen LogP contribution in [0.3, 0.4) is 0 Å². The molecule has 2 rings (SSSR count). The van der Waals surface area contributed by atoms with Gasteiger partial charge in [-0.15, -0.1) is 0 Å². The fourth-order valence-corrected chi connectivity index (χ4v) is 1.61. The molecule has 0 aliphatic carbocycles. The molecule has 1 aromatic carbocycles. The van der Waals surface area contributed by atoms with E-state index in [1.54, 1.807) is 30.5 Å². The van der Waals surface area contributed by atoms with E-state index in [1.165, 1.54) is 7.11 Å². The van der Waals surface area contributed by atoms with Gasteiger partial charge in [0.15, 0.2) is 0 Å². The molecule has 2 N–H and O–H groups in total. The number of carbonyl (C=O) groups is 1. The molecular weight excluding hydrogens is 242 g/mol. The summed E-state index contributed by atoms with van der Waals surface area (Å²) in [6.45, 7) is 1.94. The average Bonchev–Trinajstić information content (AvgIpc) is 2.42. The molecule has 1 aromatic heterocycles. The third kappa shape index (κ3) is 3.29. The van der Waals surface area contributed by atoms with Crippen LogP contribution in [0.15, 0.2) is 42.6 Å².